The fourth-order valence-corrected chi connectivity index (χ4v) is 3.12. The molecule has 1 aliphatic rings. The van der Waals surface area contributed by atoms with Crippen LogP contribution in [-0.4, -0.2) is 29.1 Å². The predicted molar refractivity (Wildman–Crippen MR) is 104 cm³/mol. The summed E-state index contributed by atoms with van der Waals surface area (Å²) in [6, 6.07) is 14.8. The average molecular weight is 354 g/mol. The second kappa shape index (κ2) is 8.12. The van der Waals surface area contributed by atoms with Gasteiger partial charge in [0.05, 0.1) is 0 Å². The van der Waals surface area contributed by atoms with E-state index in [1.165, 1.54) is 6.42 Å². The van der Waals surface area contributed by atoms with Gasteiger partial charge in [0.25, 0.3) is 11.1 Å². The molecule has 2 aromatic rings. The number of carbonyl (C=O) groups excluding carboxylic acids is 1. The van der Waals surface area contributed by atoms with Gasteiger partial charge in [-0.3, -0.25) is 4.79 Å². The van der Waals surface area contributed by atoms with Gasteiger partial charge >= 0.3 is 0 Å². The zero-order valence-electron chi connectivity index (χ0n) is 14.3. The minimum atomic E-state index is -0.143. The largest absolute Gasteiger partial charge is 0.432 e. The molecule has 0 radical (unpaired) electrons. The van der Waals surface area contributed by atoms with Crippen LogP contribution in [0.2, 0.25) is 0 Å². The van der Waals surface area contributed by atoms with Gasteiger partial charge in [0, 0.05) is 24.3 Å². The van der Waals surface area contributed by atoms with Gasteiger partial charge in [-0.15, -0.1) is 0 Å². The van der Waals surface area contributed by atoms with E-state index in [0.29, 0.717) is 16.5 Å². The number of thiocarbonyl (C=S) groups is 1. The smallest absolute Gasteiger partial charge is 0.264 e. The van der Waals surface area contributed by atoms with Crippen LogP contribution in [0.15, 0.2) is 48.5 Å². The second-order valence-corrected chi connectivity index (χ2v) is 6.61. The molecule has 130 valence electrons. The van der Waals surface area contributed by atoms with Crippen molar-refractivity contribution >= 4 is 29.0 Å². The van der Waals surface area contributed by atoms with Crippen molar-refractivity contribution in [2.75, 3.05) is 18.4 Å². The number of amides is 1. The highest BCUT2D eigenvalue weighted by atomic mass is 32.1. The molecule has 0 saturated carbocycles. The monoisotopic (exact) mass is 354 g/mol. The predicted octanol–water partition coefficient (Wildman–Crippen LogP) is 4.40. The number of carbonyl (C=O) groups is 1. The third-order valence-corrected chi connectivity index (χ3v) is 4.55. The van der Waals surface area contributed by atoms with Crippen molar-refractivity contribution in [1.82, 2.24) is 4.90 Å². The quantitative estimate of drug-likeness (QED) is 0.830. The molecule has 1 fully saturated rings. The topological polar surface area (TPSA) is 41.6 Å². The molecule has 0 unspecified atom stereocenters. The fraction of sp³-hybridized carbons (Fsp3) is 0.300. The number of aryl methyl sites for hydroxylation is 1. The Labute approximate surface area is 153 Å². The van der Waals surface area contributed by atoms with Gasteiger partial charge < -0.3 is 15.0 Å². The summed E-state index contributed by atoms with van der Waals surface area (Å²) in [5.41, 5.74) is 2.47. The summed E-state index contributed by atoms with van der Waals surface area (Å²) >= 11 is 5.36. The standard InChI is InChI=1S/C20H22N2O2S/c1-15-6-5-7-17(14-15)21-19(23)16-8-10-18(11-9-16)24-20(25)22-12-3-2-4-13-22/h5-11,14H,2-4,12-13H2,1H3,(H,21,23). The molecule has 0 spiro atoms. The van der Waals surface area contributed by atoms with Crippen LogP contribution in [0.4, 0.5) is 5.69 Å². The van der Waals surface area contributed by atoms with Crippen molar-refractivity contribution in [2.45, 2.75) is 26.2 Å². The highest BCUT2D eigenvalue weighted by Crippen LogP contribution is 2.17. The summed E-state index contributed by atoms with van der Waals surface area (Å²) in [4.78, 5) is 14.4. The van der Waals surface area contributed by atoms with Crippen LogP contribution in [-0.2, 0) is 0 Å². The molecule has 25 heavy (non-hydrogen) atoms. The van der Waals surface area contributed by atoms with E-state index in [4.69, 9.17) is 17.0 Å². The number of benzene rings is 2. The first-order valence-corrected chi connectivity index (χ1v) is 8.97. The van der Waals surface area contributed by atoms with Gasteiger partial charge in [-0.1, -0.05) is 12.1 Å². The van der Waals surface area contributed by atoms with Gasteiger partial charge in [-0.25, -0.2) is 0 Å². The van der Waals surface area contributed by atoms with E-state index in [-0.39, 0.29) is 5.91 Å². The molecule has 1 N–H and O–H groups in total. The highest BCUT2D eigenvalue weighted by molar-refractivity contribution is 7.80. The lowest BCUT2D eigenvalue weighted by Crippen LogP contribution is -2.37. The van der Waals surface area contributed by atoms with Gasteiger partial charge in [0.15, 0.2) is 0 Å². The summed E-state index contributed by atoms with van der Waals surface area (Å²) in [6.07, 6.45) is 3.56. The first-order valence-electron chi connectivity index (χ1n) is 8.57. The maximum Gasteiger partial charge on any atom is 0.264 e. The Morgan fingerprint density at radius 3 is 2.48 bits per heavy atom. The minimum Gasteiger partial charge on any atom is -0.432 e. The van der Waals surface area contributed by atoms with Crippen molar-refractivity contribution in [3.63, 3.8) is 0 Å². The Bertz CT molecular complexity index is 753. The van der Waals surface area contributed by atoms with Gasteiger partial charge in [0.1, 0.15) is 5.75 Å². The van der Waals surface area contributed by atoms with E-state index in [1.807, 2.05) is 31.2 Å². The van der Waals surface area contributed by atoms with Crippen molar-refractivity contribution in [2.24, 2.45) is 0 Å². The maximum atomic E-state index is 12.3. The summed E-state index contributed by atoms with van der Waals surface area (Å²) in [6.45, 7) is 3.90. The zero-order chi connectivity index (χ0) is 17.6. The minimum absolute atomic E-state index is 0.143. The van der Waals surface area contributed by atoms with Gasteiger partial charge in [-0.2, -0.15) is 0 Å². The van der Waals surface area contributed by atoms with Crippen molar-refractivity contribution in [1.29, 1.82) is 0 Å². The van der Waals surface area contributed by atoms with Crippen molar-refractivity contribution in [3.8, 4) is 5.75 Å². The van der Waals surface area contributed by atoms with E-state index in [0.717, 1.165) is 37.2 Å². The molecule has 1 amide bonds. The summed E-state index contributed by atoms with van der Waals surface area (Å²) in [5.74, 6) is 0.512. The molecule has 5 heteroatoms. The highest BCUT2D eigenvalue weighted by Gasteiger charge is 2.15. The lowest BCUT2D eigenvalue weighted by atomic mass is 10.1. The van der Waals surface area contributed by atoms with E-state index in [9.17, 15) is 4.79 Å². The molecule has 0 atom stereocenters. The maximum absolute atomic E-state index is 12.3. The van der Waals surface area contributed by atoms with Crippen molar-refractivity contribution in [3.05, 3.63) is 59.7 Å². The number of ether oxygens (including phenoxy) is 1. The number of rotatable bonds is 3. The van der Waals surface area contributed by atoms with E-state index in [2.05, 4.69) is 10.2 Å². The van der Waals surface area contributed by atoms with E-state index < -0.39 is 0 Å². The molecule has 1 saturated heterocycles. The van der Waals surface area contributed by atoms with Crippen LogP contribution in [0, 0.1) is 6.92 Å². The number of nitrogens with one attached hydrogen (secondary N) is 1. The first kappa shape index (κ1) is 17.4. The Hall–Kier alpha value is -2.40. The van der Waals surface area contributed by atoms with Crippen LogP contribution < -0.4 is 10.1 Å². The number of hydrogen-bond donors (Lipinski definition) is 1. The molecule has 0 bridgehead atoms. The van der Waals surface area contributed by atoms with Gasteiger partial charge in [0.2, 0.25) is 0 Å². The molecule has 0 aromatic heterocycles. The van der Waals surface area contributed by atoms with E-state index >= 15 is 0 Å². The molecule has 2 aromatic carbocycles. The average Bonchev–Trinajstić information content (AvgIpc) is 2.63. The Kier molecular flexibility index (Phi) is 5.66. The van der Waals surface area contributed by atoms with Crippen LogP contribution >= 0.6 is 12.2 Å². The third-order valence-electron chi connectivity index (χ3n) is 4.21. The SMILES string of the molecule is Cc1cccc(NC(=O)c2ccc(OC(=S)N3CCCCC3)cc2)c1. The molecular formula is C20H22N2O2S. The number of nitrogens with zero attached hydrogens (tertiary/aromatic N) is 1. The Balaban J connectivity index is 1.59. The lowest BCUT2D eigenvalue weighted by molar-refractivity contribution is 0.102. The Morgan fingerprint density at radius 2 is 1.80 bits per heavy atom. The fourth-order valence-electron chi connectivity index (χ4n) is 2.84. The molecule has 4 nitrogen and oxygen atoms in total. The zero-order valence-corrected chi connectivity index (χ0v) is 15.1. The van der Waals surface area contributed by atoms with E-state index in [1.54, 1.807) is 24.3 Å². The number of piperidine rings is 1. The molecule has 1 heterocycles. The van der Waals surface area contributed by atoms with Crippen LogP contribution in [0.1, 0.15) is 35.2 Å². The second-order valence-electron chi connectivity index (χ2n) is 6.26. The van der Waals surface area contributed by atoms with Crippen molar-refractivity contribution < 1.29 is 9.53 Å². The molecular weight excluding hydrogens is 332 g/mol. The number of hydrogen-bond acceptors (Lipinski definition) is 3. The molecule has 1 aliphatic heterocycles. The normalized spacial score (nSPS) is 14.0. The summed E-state index contributed by atoms with van der Waals surface area (Å²) < 4.78 is 5.75. The first-order chi connectivity index (χ1) is 12.1. The Morgan fingerprint density at radius 1 is 1.08 bits per heavy atom. The third kappa shape index (κ3) is 4.79. The lowest BCUT2D eigenvalue weighted by Gasteiger charge is -2.28. The van der Waals surface area contributed by atoms with Crippen LogP contribution in [0.3, 0.4) is 0 Å². The molecule has 3 rings (SSSR count). The molecule has 0 aliphatic carbocycles. The number of likely N-dealkylation sites (tertiary alicyclic amines) is 1. The van der Waals surface area contributed by atoms with Crippen LogP contribution in [0.25, 0.3) is 0 Å². The number of anilines is 1. The summed E-state index contributed by atoms with van der Waals surface area (Å²) in [7, 11) is 0. The van der Waals surface area contributed by atoms with Crippen LogP contribution in [0.5, 0.6) is 5.75 Å². The van der Waals surface area contributed by atoms with Gasteiger partial charge in [-0.05, 0) is 80.4 Å². The summed E-state index contributed by atoms with van der Waals surface area (Å²) in [5, 5.41) is 3.41.